The van der Waals surface area contributed by atoms with Gasteiger partial charge in [-0.3, -0.25) is 9.59 Å². The van der Waals surface area contributed by atoms with Gasteiger partial charge in [0.1, 0.15) is 0 Å². The smallest absolute Gasteiger partial charge is 0.245 e. The van der Waals surface area contributed by atoms with Gasteiger partial charge in [-0.2, -0.15) is 0 Å². The molecule has 0 fully saturated rings. The maximum Gasteiger partial charge on any atom is 0.245 e. The van der Waals surface area contributed by atoms with E-state index in [0.29, 0.717) is 13.0 Å². The van der Waals surface area contributed by atoms with E-state index in [2.05, 4.69) is 5.32 Å². The molecule has 1 atom stereocenters. The molecule has 16 heavy (non-hydrogen) atoms. The standard InChI is InChI=1S/C11H20N2O3/c1-4-10(16-3)5-7-13(9-14)8-6-11(15)12-2/h6,8-10H,4-5,7H2,1-3H3,(H,12,15)/b8-6-. The highest BCUT2D eigenvalue weighted by molar-refractivity contribution is 5.87. The molecule has 0 aromatic carbocycles. The van der Waals surface area contributed by atoms with Gasteiger partial charge < -0.3 is 15.0 Å². The molecule has 0 spiro atoms. The van der Waals surface area contributed by atoms with Crippen LogP contribution in [-0.2, 0) is 14.3 Å². The number of nitrogens with zero attached hydrogens (tertiary/aromatic N) is 1. The molecule has 2 amide bonds. The van der Waals surface area contributed by atoms with Gasteiger partial charge in [-0.25, -0.2) is 0 Å². The Morgan fingerprint density at radius 2 is 2.25 bits per heavy atom. The first kappa shape index (κ1) is 14.6. The molecule has 0 saturated carbocycles. The monoisotopic (exact) mass is 228 g/mol. The second kappa shape index (κ2) is 8.91. The third kappa shape index (κ3) is 6.19. The number of nitrogens with one attached hydrogen (secondary N) is 1. The van der Waals surface area contributed by atoms with Crippen molar-refractivity contribution >= 4 is 12.3 Å². The lowest BCUT2D eigenvalue weighted by Gasteiger charge is -2.17. The van der Waals surface area contributed by atoms with E-state index in [4.69, 9.17) is 4.74 Å². The summed E-state index contributed by atoms with van der Waals surface area (Å²) in [5.74, 6) is -0.231. The van der Waals surface area contributed by atoms with Gasteiger partial charge in [-0.05, 0) is 12.8 Å². The van der Waals surface area contributed by atoms with Gasteiger partial charge >= 0.3 is 0 Å². The molecule has 0 aliphatic carbocycles. The van der Waals surface area contributed by atoms with Crippen LogP contribution in [0, 0.1) is 0 Å². The molecular weight excluding hydrogens is 208 g/mol. The summed E-state index contributed by atoms with van der Waals surface area (Å²) in [6, 6.07) is 0. The van der Waals surface area contributed by atoms with Gasteiger partial charge in [0.05, 0.1) is 6.10 Å². The van der Waals surface area contributed by atoms with Gasteiger partial charge in [0.15, 0.2) is 0 Å². The summed E-state index contributed by atoms with van der Waals surface area (Å²) in [6.45, 7) is 2.57. The minimum atomic E-state index is -0.231. The van der Waals surface area contributed by atoms with Crippen molar-refractivity contribution in [3.05, 3.63) is 12.3 Å². The maximum atomic E-state index is 10.9. The molecule has 0 aromatic rings. The number of methoxy groups -OCH3 is 1. The van der Waals surface area contributed by atoms with Crippen molar-refractivity contribution < 1.29 is 14.3 Å². The quantitative estimate of drug-likeness (QED) is 0.486. The Balaban J connectivity index is 4.05. The third-order valence-corrected chi connectivity index (χ3v) is 2.30. The third-order valence-electron chi connectivity index (χ3n) is 2.30. The summed E-state index contributed by atoms with van der Waals surface area (Å²) in [4.78, 5) is 23.0. The van der Waals surface area contributed by atoms with Crippen LogP contribution in [0.5, 0.6) is 0 Å². The minimum Gasteiger partial charge on any atom is -0.381 e. The van der Waals surface area contributed by atoms with Crippen LogP contribution in [0.25, 0.3) is 0 Å². The number of carbonyl (C=O) groups excluding carboxylic acids is 2. The van der Waals surface area contributed by atoms with E-state index in [1.165, 1.54) is 24.2 Å². The lowest BCUT2D eigenvalue weighted by Crippen LogP contribution is -2.23. The number of rotatable bonds is 8. The molecule has 0 rings (SSSR count). The lowest BCUT2D eigenvalue weighted by molar-refractivity contribution is -0.116. The lowest BCUT2D eigenvalue weighted by atomic mass is 10.2. The molecule has 0 radical (unpaired) electrons. The largest absolute Gasteiger partial charge is 0.381 e. The second-order valence-corrected chi connectivity index (χ2v) is 3.33. The summed E-state index contributed by atoms with van der Waals surface area (Å²) < 4.78 is 5.20. The van der Waals surface area contributed by atoms with E-state index in [1.807, 2.05) is 6.92 Å². The minimum absolute atomic E-state index is 0.149. The summed E-state index contributed by atoms with van der Waals surface area (Å²) in [5.41, 5.74) is 0. The molecule has 0 bridgehead atoms. The molecule has 5 heteroatoms. The Labute approximate surface area is 96.4 Å². The van der Waals surface area contributed by atoms with E-state index in [0.717, 1.165) is 12.8 Å². The predicted molar refractivity (Wildman–Crippen MR) is 61.7 cm³/mol. The number of hydrogen-bond acceptors (Lipinski definition) is 3. The normalized spacial score (nSPS) is 12.4. The van der Waals surface area contributed by atoms with Crippen molar-refractivity contribution in [1.29, 1.82) is 0 Å². The van der Waals surface area contributed by atoms with E-state index in [1.54, 1.807) is 7.11 Å². The van der Waals surface area contributed by atoms with Crippen LogP contribution >= 0.6 is 0 Å². The van der Waals surface area contributed by atoms with E-state index in [9.17, 15) is 9.59 Å². The zero-order valence-electron chi connectivity index (χ0n) is 10.1. The van der Waals surface area contributed by atoms with Gasteiger partial charge in [-0.15, -0.1) is 0 Å². The fraction of sp³-hybridized carbons (Fsp3) is 0.636. The second-order valence-electron chi connectivity index (χ2n) is 3.33. The summed E-state index contributed by atoms with van der Waals surface area (Å²) in [7, 11) is 3.19. The van der Waals surface area contributed by atoms with Crippen LogP contribution in [0.15, 0.2) is 12.3 Å². The van der Waals surface area contributed by atoms with Crippen LogP contribution in [0.1, 0.15) is 19.8 Å². The maximum absolute atomic E-state index is 10.9. The molecule has 5 nitrogen and oxygen atoms in total. The summed E-state index contributed by atoms with van der Waals surface area (Å²) in [5, 5.41) is 2.44. The Morgan fingerprint density at radius 1 is 1.56 bits per heavy atom. The van der Waals surface area contributed by atoms with Gasteiger partial charge in [-0.1, -0.05) is 6.92 Å². The van der Waals surface area contributed by atoms with Crippen LogP contribution in [-0.4, -0.2) is 44.0 Å². The Bertz CT molecular complexity index is 237. The molecule has 92 valence electrons. The average Bonchev–Trinajstić information content (AvgIpc) is 2.33. The van der Waals surface area contributed by atoms with Crippen molar-refractivity contribution in [2.24, 2.45) is 0 Å². The molecule has 1 unspecified atom stereocenters. The van der Waals surface area contributed by atoms with Crippen LogP contribution in [0.2, 0.25) is 0 Å². The molecule has 0 heterocycles. The first-order valence-corrected chi connectivity index (χ1v) is 5.31. The van der Waals surface area contributed by atoms with E-state index < -0.39 is 0 Å². The number of likely N-dealkylation sites (N-methyl/N-ethyl adjacent to an activating group) is 1. The number of carbonyl (C=O) groups is 2. The zero-order chi connectivity index (χ0) is 12.4. The highest BCUT2D eigenvalue weighted by atomic mass is 16.5. The van der Waals surface area contributed by atoms with E-state index >= 15 is 0 Å². The fourth-order valence-corrected chi connectivity index (χ4v) is 1.19. The molecule has 0 aliphatic heterocycles. The summed E-state index contributed by atoms with van der Waals surface area (Å²) >= 11 is 0. The highest BCUT2D eigenvalue weighted by Crippen LogP contribution is 2.03. The van der Waals surface area contributed by atoms with Crippen molar-refractivity contribution in [2.45, 2.75) is 25.9 Å². The SMILES string of the molecule is CCC(CCN(C=O)/C=C\C(=O)NC)OC. The van der Waals surface area contributed by atoms with Crippen molar-refractivity contribution in [1.82, 2.24) is 10.2 Å². The first-order valence-electron chi connectivity index (χ1n) is 5.31. The Kier molecular flexibility index (Phi) is 8.15. The highest BCUT2D eigenvalue weighted by Gasteiger charge is 2.06. The Morgan fingerprint density at radius 3 is 2.69 bits per heavy atom. The van der Waals surface area contributed by atoms with Crippen LogP contribution in [0.4, 0.5) is 0 Å². The van der Waals surface area contributed by atoms with Crippen molar-refractivity contribution in [2.75, 3.05) is 20.7 Å². The van der Waals surface area contributed by atoms with Crippen LogP contribution in [0.3, 0.4) is 0 Å². The van der Waals surface area contributed by atoms with Crippen molar-refractivity contribution in [3.63, 3.8) is 0 Å². The summed E-state index contributed by atoms with van der Waals surface area (Å²) in [6.07, 6.45) is 5.29. The van der Waals surface area contributed by atoms with Crippen LogP contribution < -0.4 is 5.32 Å². The molecule has 1 N–H and O–H groups in total. The Hall–Kier alpha value is -1.36. The molecular formula is C11H20N2O3. The molecule has 0 aromatic heterocycles. The van der Waals surface area contributed by atoms with Gasteiger partial charge in [0.2, 0.25) is 12.3 Å². The topological polar surface area (TPSA) is 58.6 Å². The van der Waals surface area contributed by atoms with Gasteiger partial charge in [0.25, 0.3) is 0 Å². The first-order chi connectivity index (χ1) is 7.67. The van der Waals surface area contributed by atoms with Gasteiger partial charge in [0, 0.05) is 33.0 Å². The average molecular weight is 228 g/mol. The zero-order valence-corrected chi connectivity index (χ0v) is 10.1. The fourth-order valence-electron chi connectivity index (χ4n) is 1.19. The number of amides is 2. The van der Waals surface area contributed by atoms with Crippen molar-refractivity contribution in [3.8, 4) is 0 Å². The number of ether oxygens (including phenoxy) is 1. The molecule has 0 saturated heterocycles. The number of hydrogen-bond donors (Lipinski definition) is 1. The predicted octanol–water partition coefficient (Wildman–Crippen LogP) is 0.520. The molecule has 0 aliphatic rings. The van der Waals surface area contributed by atoms with E-state index in [-0.39, 0.29) is 12.0 Å².